The fourth-order valence-electron chi connectivity index (χ4n) is 3.08. The van der Waals surface area contributed by atoms with Gasteiger partial charge in [-0.05, 0) is 41.8 Å². The van der Waals surface area contributed by atoms with E-state index in [4.69, 9.17) is 4.42 Å². The average Bonchev–Trinajstić information content (AvgIpc) is 2.92. The first-order chi connectivity index (χ1) is 11.6. The van der Waals surface area contributed by atoms with Crippen LogP contribution < -0.4 is 10.7 Å². The first-order valence-corrected chi connectivity index (χ1v) is 8.53. The number of aryl methyl sites for hydroxylation is 1. The van der Waals surface area contributed by atoms with Crippen LogP contribution in [0.15, 0.2) is 56.1 Å². The summed E-state index contributed by atoms with van der Waals surface area (Å²) in [5.41, 5.74) is 2.61. The van der Waals surface area contributed by atoms with Crippen LogP contribution >= 0.6 is 15.9 Å². The van der Waals surface area contributed by atoms with Crippen LogP contribution in [-0.4, -0.2) is 5.91 Å². The molecule has 120 valence electrons. The molecule has 4 nitrogen and oxygen atoms in total. The first-order valence-electron chi connectivity index (χ1n) is 7.74. The summed E-state index contributed by atoms with van der Waals surface area (Å²) in [5, 5.41) is 3.37. The van der Waals surface area contributed by atoms with Crippen molar-refractivity contribution in [2.45, 2.75) is 19.4 Å². The van der Waals surface area contributed by atoms with Crippen molar-refractivity contribution >= 4 is 32.8 Å². The normalized spacial score (nSPS) is 16.2. The number of nitrogens with one attached hydrogen (secondary N) is 1. The van der Waals surface area contributed by atoms with Gasteiger partial charge in [0.25, 0.3) is 5.91 Å². The van der Waals surface area contributed by atoms with Crippen molar-refractivity contribution in [3.63, 3.8) is 0 Å². The van der Waals surface area contributed by atoms with Gasteiger partial charge in [0.1, 0.15) is 5.58 Å². The fourth-order valence-corrected chi connectivity index (χ4v) is 3.35. The first kappa shape index (κ1) is 15.1. The molecular weight excluding hydrogens is 370 g/mol. The number of benzene rings is 2. The Morgan fingerprint density at radius 2 is 1.88 bits per heavy atom. The number of hydrogen-bond acceptors (Lipinski definition) is 3. The van der Waals surface area contributed by atoms with Crippen molar-refractivity contribution in [1.82, 2.24) is 5.32 Å². The van der Waals surface area contributed by atoms with Crippen LogP contribution in [0, 0.1) is 0 Å². The Kier molecular flexibility index (Phi) is 3.53. The molecular formula is C19H14BrNO3. The summed E-state index contributed by atoms with van der Waals surface area (Å²) in [5.74, 6) is -0.235. The standard InChI is InChI=1S/C19H14BrNO3/c1-2-10-3-8-14-13(9-10)17(22)15-16(21-19(23)18(15)24-14)11-4-6-12(20)7-5-11/h3-9,16H,2H2,1H3,(H,21,23). The monoisotopic (exact) mass is 383 g/mol. The van der Waals surface area contributed by atoms with E-state index in [1.807, 2.05) is 43.3 Å². The van der Waals surface area contributed by atoms with Crippen LogP contribution in [-0.2, 0) is 6.42 Å². The Hall–Kier alpha value is -2.40. The van der Waals surface area contributed by atoms with E-state index in [1.54, 1.807) is 6.07 Å². The van der Waals surface area contributed by atoms with E-state index >= 15 is 0 Å². The second-order valence-corrected chi connectivity index (χ2v) is 6.73. The molecule has 1 aliphatic rings. The molecule has 24 heavy (non-hydrogen) atoms. The van der Waals surface area contributed by atoms with E-state index in [0.29, 0.717) is 16.5 Å². The summed E-state index contributed by atoms with van der Waals surface area (Å²) < 4.78 is 6.69. The van der Waals surface area contributed by atoms with Crippen LogP contribution in [0.2, 0.25) is 0 Å². The van der Waals surface area contributed by atoms with E-state index < -0.39 is 6.04 Å². The van der Waals surface area contributed by atoms with Crippen LogP contribution in [0.1, 0.15) is 40.2 Å². The maximum Gasteiger partial charge on any atom is 0.288 e. The van der Waals surface area contributed by atoms with Gasteiger partial charge < -0.3 is 9.73 Å². The fraction of sp³-hybridized carbons (Fsp3) is 0.158. The van der Waals surface area contributed by atoms with Gasteiger partial charge in [-0.15, -0.1) is 0 Å². The van der Waals surface area contributed by atoms with E-state index in [2.05, 4.69) is 21.2 Å². The zero-order valence-electron chi connectivity index (χ0n) is 12.9. The molecule has 0 spiro atoms. The SMILES string of the molecule is CCc1ccc2oc3c(c(=O)c2c1)C(c1ccc(Br)cc1)NC3=O. The number of hydrogen-bond donors (Lipinski definition) is 1. The zero-order valence-corrected chi connectivity index (χ0v) is 14.5. The average molecular weight is 384 g/mol. The van der Waals surface area contributed by atoms with Crippen molar-refractivity contribution in [3.8, 4) is 0 Å². The summed E-state index contributed by atoms with van der Waals surface area (Å²) in [7, 11) is 0. The number of carbonyl (C=O) groups is 1. The molecule has 0 fully saturated rings. The lowest BCUT2D eigenvalue weighted by Crippen LogP contribution is -2.21. The van der Waals surface area contributed by atoms with Crippen LogP contribution in [0.5, 0.6) is 0 Å². The molecule has 1 atom stereocenters. The van der Waals surface area contributed by atoms with Crippen LogP contribution in [0.3, 0.4) is 0 Å². The number of fused-ring (bicyclic) bond motifs is 2. The molecule has 1 aliphatic heterocycles. The van der Waals surface area contributed by atoms with Gasteiger partial charge in [-0.25, -0.2) is 0 Å². The summed E-state index contributed by atoms with van der Waals surface area (Å²) >= 11 is 3.39. The Morgan fingerprint density at radius 3 is 2.58 bits per heavy atom. The molecule has 1 unspecified atom stereocenters. The second kappa shape index (κ2) is 5.60. The van der Waals surface area contributed by atoms with Gasteiger partial charge in [-0.2, -0.15) is 0 Å². The van der Waals surface area contributed by atoms with Gasteiger partial charge in [0.05, 0.1) is 17.0 Å². The molecule has 0 bridgehead atoms. The molecule has 2 heterocycles. The minimum Gasteiger partial charge on any atom is -0.450 e. The molecule has 5 heteroatoms. The molecule has 0 radical (unpaired) electrons. The van der Waals surface area contributed by atoms with Gasteiger partial charge in [0.2, 0.25) is 5.76 Å². The molecule has 0 saturated heterocycles. The lowest BCUT2D eigenvalue weighted by molar-refractivity contribution is 0.0938. The highest BCUT2D eigenvalue weighted by atomic mass is 79.9. The highest BCUT2D eigenvalue weighted by Crippen LogP contribution is 2.31. The zero-order chi connectivity index (χ0) is 16.8. The van der Waals surface area contributed by atoms with Gasteiger partial charge in [0.15, 0.2) is 5.43 Å². The Balaban J connectivity index is 1.97. The van der Waals surface area contributed by atoms with Crippen molar-refractivity contribution in [3.05, 3.63) is 79.6 Å². The summed E-state index contributed by atoms with van der Waals surface area (Å²) in [6, 6.07) is 12.6. The second-order valence-electron chi connectivity index (χ2n) is 5.82. The molecule has 0 aliphatic carbocycles. The van der Waals surface area contributed by atoms with E-state index in [9.17, 15) is 9.59 Å². The molecule has 4 rings (SSSR count). The number of amides is 1. The molecule has 2 aromatic carbocycles. The maximum absolute atomic E-state index is 13.0. The number of halogens is 1. The largest absolute Gasteiger partial charge is 0.450 e. The minimum atomic E-state index is -0.480. The van der Waals surface area contributed by atoms with Gasteiger partial charge >= 0.3 is 0 Å². The lowest BCUT2D eigenvalue weighted by Gasteiger charge is -2.11. The van der Waals surface area contributed by atoms with Crippen LogP contribution in [0.25, 0.3) is 11.0 Å². The summed E-state index contributed by atoms with van der Waals surface area (Å²) in [6.45, 7) is 2.03. The number of rotatable bonds is 2. The molecule has 1 amide bonds. The highest BCUT2D eigenvalue weighted by molar-refractivity contribution is 9.10. The highest BCUT2D eigenvalue weighted by Gasteiger charge is 2.35. The van der Waals surface area contributed by atoms with E-state index in [-0.39, 0.29) is 17.1 Å². The van der Waals surface area contributed by atoms with Crippen molar-refractivity contribution in [1.29, 1.82) is 0 Å². The van der Waals surface area contributed by atoms with Crippen molar-refractivity contribution in [2.75, 3.05) is 0 Å². The molecule has 0 saturated carbocycles. The summed E-state index contributed by atoms with van der Waals surface area (Å²) in [6.07, 6.45) is 0.833. The predicted molar refractivity (Wildman–Crippen MR) is 95.3 cm³/mol. The predicted octanol–water partition coefficient (Wildman–Crippen LogP) is 3.95. The van der Waals surface area contributed by atoms with E-state index in [0.717, 1.165) is 22.0 Å². The van der Waals surface area contributed by atoms with Gasteiger partial charge in [0, 0.05) is 4.47 Å². The third-order valence-corrected chi connectivity index (χ3v) is 4.90. The van der Waals surface area contributed by atoms with Crippen molar-refractivity contribution in [2.24, 2.45) is 0 Å². The molecule has 3 aromatic rings. The third-order valence-electron chi connectivity index (χ3n) is 4.37. The Labute approximate surface area is 146 Å². The topological polar surface area (TPSA) is 59.3 Å². The van der Waals surface area contributed by atoms with E-state index in [1.165, 1.54) is 0 Å². The third kappa shape index (κ3) is 2.27. The quantitative estimate of drug-likeness (QED) is 0.728. The van der Waals surface area contributed by atoms with Crippen molar-refractivity contribution < 1.29 is 9.21 Å². The minimum absolute atomic E-state index is 0.115. The number of carbonyl (C=O) groups excluding carboxylic acids is 1. The van der Waals surface area contributed by atoms with Gasteiger partial charge in [-0.3, -0.25) is 9.59 Å². The van der Waals surface area contributed by atoms with Crippen LogP contribution in [0.4, 0.5) is 0 Å². The lowest BCUT2D eigenvalue weighted by atomic mass is 9.99. The maximum atomic E-state index is 13.0. The molecule has 1 aromatic heterocycles. The van der Waals surface area contributed by atoms with Gasteiger partial charge in [-0.1, -0.05) is 41.1 Å². The Bertz CT molecular complexity index is 1020. The Morgan fingerprint density at radius 1 is 1.12 bits per heavy atom. The smallest absolute Gasteiger partial charge is 0.288 e. The summed E-state index contributed by atoms with van der Waals surface area (Å²) in [4.78, 5) is 25.3. The molecule has 1 N–H and O–H groups in total.